The fraction of sp³-hybridized carbons (Fsp3) is 0.925. The zero-order valence-electron chi connectivity index (χ0n) is 63.5. The van der Waals surface area contributed by atoms with Crippen molar-refractivity contribution in [3.05, 3.63) is 0 Å². The third-order valence-corrected chi connectivity index (χ3v) is 23.3. The molecule has 0 aromatic heterocycles. The third kappa shape index (κ3) is 28.0. The van der Waals surface area contributed by atoms with E-state index in [1.807, 2.05) is 0 Å². The monoisotopic (exact) mass is 2020 g/mol. The molecule has 40 atom stereocenters. The summed E-state index contributed by atoms with van der Waals surface area (Å²) in [5.74, 6) is -16.3. The summed E-state index contributed by atoms with van der Waals surface area (Å²) >= 11 is 0. The predicted molar refractivity (Wildman–Crippen MR) is 367 cm³/mol. The summed E-state index contributed by atoms with van der Waals surface area (Å²) < 4.78 is 396. The Morgan fingerprint density at radius 3 is 0.627 bits per heavy atom. The molecule has 8 aliphatic heterocycles. The van der Waals surface area contributed by atoms with E-state index in [2.05, 4.69) is 33.5 Å². The Kier molecular flexibility index (Phi) is 35.5. The van der Waals surface area contributed by atoms with Gasteiger partial charge in [-0.2, -0.15) is 67.3 Å². The number of aliphatic hydroxyl groups is 9. The van der Waals surface area contributed by atoms with E-state index < -0.39 is 378 Å². The summed E-state index contributed by atoms with van der Waals surface area (Å²) in [5.41, 5.74) is 0. The number of carboxylic acids is 4. The SMILES string of the molecule is CO[C@H]1OC(COS(=O)(=O)O)[C@H](O[C@@H]2OC(C(=O)O)[C@H](O[C@@H]3OC(COS(=O)(=O)O)[C@H](O[C@@H]4OC(C(=O)O)[C@H](O[C@@H]5OC(COS(=O)(=O)O)[C@H](O[C@@H]6OC(C(=O)O)[C@H](O[C@@H]7OC(COS(=O)(=O)O)[C@H](O[C@@H]8OC(C(=O)O)[C@@H](O)C(O)[C@@H]8OS(=O)(=O)O)C(O)[C@@H]7C)C(O)[C@@H]6OS(=O)(=O)O)C(O)[C@@H]5C)C(O)[C@@H]4OS(=O)(=O)O)C(O)[C@@H]3C)C(O)[C@@H]2OS(=O)(=O)O)C(O)[C@@H]1C. The van der Waals surface area contributed by atoms with Crippen molar-refractivity contribution in [2.24, 2.45) is 23.7 Å². The molecule has 0 aliphatic carbocycles. The van der Waals surface area contributed by atoms with Gasteiger partial charge in [0.2, 0.25) is 0 Å². The van der Waals surface area contributed by atoms with Gasteiger partial charge in [-0.25, -0.2) is 52.6 Å². The van der Waals surface area contributed by atoms with E-state index in [1.54, 1.807) is 0 Å². The van der Waals surface area contributed by atoms with Crippen molar-refractivity contribution in [3.63, 3.8) is 0 Å². The van der Waals surface area contributed by atoms with Crippen LogP contribution in [0.15, 0.2) is 0 Å². The minimum absolute atomic E-state index is 0.794. The number of aliphatic hydroxyl groups excluding tert-OH is 9. The highest BCUT2D eigenvalue weighted by molar-refractivity contribution is 7.82. The molecule has 65 nitrogen and oxygen atoms in total. The van der Waals surface area contributed by atoms with E-state index >= 15 is 0 Å². The first kappa shape index (κ1) is 107. The average Bonchev–Trinajstić information content (AvgIpc) is 0.763. The molecular weight excluding hydrogens is 1930 g/mol. The first-order chi connectivity index (χ1) is 57.6. The van der Waals surface area contributed by atoms with Crippen molar-refractivity contribution in [1.82, 2.24) is 0 Å². The maximum atomic E-state index is 13.3. The molecule has 0 bridgehead atoms. The van der Waals surface area contributed by atoms with E-state index in [1.165, 1.54) is 6.92 Å². The minimum Gasteiger partial charge on any atom is -0.479 e. The summed E-state index contributed by atoms with van der Waals surface area (Å²) in [4.78, 5) is 51.5. The van der Waals surface area contributed by atoms with Crippen molar-refractivity contribution >= 4 is 107 Å². The van der Waals surface area contributed by atoms with Gasteiger partial charge in [-0.15, -0.1) is 0 Å². The highest BCUT2D eigenvalue weighted by atomic mass is 32.3. The zero-order valence-corrected chi connectivity index (χ0v) is 70.1. The van der Waals surface area contributed by atoms with Crippen LogP contribution in [-0.4, -0.2) is 449 Å². The highest BCUT2D eigenvalue weighted by Gasteiger charge is 2.63. The van der Waals surface area contributed by atoms with Crippen molar-refractivity contribution < 1.29 is 299 Å². The molecular formula is C53H84O65S8. The Morgan fingerprint density at radius 1 is 0.238 bits per heavy atom. The quantitative estimate of drug-likeness (QED) is 0.0254. The van der Waals surface area contributed by atoms with E-state index in [0.29, 0.717) is 0 Å². The van der Waals surface area contributed by atoms with Gasteiger partial charge >= 0.3 is 107 Å². The summed E-state index contributed by atoms with van der Waals surface area (Å²) in [6, 6.07) is 0. The van der Waals surface area contributed by atoms with Crippen LogP contribution in [0.3, 0.4) is 0 Å². The molecule has 16 unspecified atom stereocenters. The second kappa shape index (κ2) is 41.8. The topological polar surface area (TPSA) is 988 Å². The Balaban J connectivity index is 1.05. The second-order valence-corrected chi connectivity index (χ2v) is 36.9. The molecule has 8 fully saturated rings. The first-order valence-electron chi connectivity index (χ1n) is 35.1. The van der Waals surface area contributed by atoms with Crippen LogP contribution in [0.1, 0.15) is 27.7 Å². The normalized spacial score (nSPS) is 42.2. The summed E-state index contributed by atoms with van der Waals surface area (Å²) in [6.07, 6.45) is -95.0. The highest BCUT2D eigenvalue weighted by Crippen LogP contribution is 2.44. The van der Waals surface area contributed by atoms with E-state index in [9.17, 15) is 189 Å². The van der Waals surface area contributed by atoms with Crippen molar-refractivity contribution in [2.75, 3.05) is 33.5 Å². The standard InChI is InChI=1S/C53H84O65S8/c1-10-18(54)27(14(100-46(10)95-5)6-96-119(71,72)73)105-51-36(116-124(86,87)88)24(60)31(39(112-51)43(65)66)109-48-12(3)20(56)29(16(102-48)8-98-121(77,78)79)107-53-38(118-126(92,93)94)26(62)33(41(114-53)45(69)70)110-49-13(4)21(57)30(17(103-49)9-99-122(80,81)82)106-52-37(117-125(89,90)91)25(61)32(40(113-52)44(67)68)108-47-11(2)19(55)28(15(101-47)7-97-120(74,75)76)104-50-35(115-123(83,84)85)23(59)22(58)34(111-50)42(63)64/h10-41,46-62H,6-9H2,1-5H3,(H,63,64)(H,65,66)(H,67,68)(H,69,70)(H,71,72,73)(H,74,75,76)(H,77,78,79)(H,80,81,82)(H,83,84,85)(H,86,87,88)(H,89,90,91)(H,92,93,94)/t10-,11-,12-,13-,14?,15?,16?,17?,18?,19?,20?,21?,22-,23?,24?,25?,26?,27-,28-,29-,30-,31+,32+,33+,34?,35-,36-,37-,38-,39?,40?,41?,46-,47-,48-,49-,50+,51+,52+,53+/m0/s1. The van der Waals surface area contributed by atoms with Gasteiger partial charge in [0.1, 0.15) is 97.7 Å². The molecule has 0 radical (unpaired) electrons. The molecule has 0 spiro atoms. The summed E-state index contributed by atoms with van der Waals surface area (Å²) in [5, 5.41) is 145. The van der Waals surface area contributed by atoms with Crippen molar-refractivity contribution in [2.45, 2.75) is 249 Å². The molecule has 8 rings (SSSR count). The number of aliphatic carboxylic acids is 4. The van der Waals surface area contributed by atoms with Crippen LogP contribution in [0.2, 0.25) is 0 Å². The Morgan fingerprint density at radius 2 is 0.429 bits per heavy atom. The van der Waals surface area contributed by atoms with Gasteiger partial charge in [0, 0.05) is 30.8 Å². The number of rotatable bonds is 39. The molecule has 8 saturated heterocycles. The molecule has 0 aromatic rings. The number of hydrogen-bond donors (Lipinski definition) is 21. The van der Waals surface area contributed by atoms with Crippen molar-refractivity contribution in [3.8, 4) is 0 Å². The smallest absolute Gasteiger partial charge is 0.397 e. The predicted octanol–water partition coefficient (Wildman–Crippen LogP) is -13.7. The Bertz CT molecular complexity index is 4720. The van der Waals surface area contributed by atoms with Gasteiger partial charge in [0.05, 0.1) is 50.8 Å². The van der Waals surface area contributed by atoms with Crippen LogP contribution in [-0.2, 0) is 212 Å². The van der Waals surface area contributed by atoms with Crippen LogP contribution >= 0.6 is 0 Å². The zero-order chi connectivity index (χ0) is 95.2. The molecule has 734 valence electrons. The van der Waals surface area contributed by atoms with Gasteiger partial charge in [0.25, 0.3) is 0 Å². The molecule has 126 heavy (non-hydrogen) atoms. The number of hydrogen-bond acceptors (Lipinski definition) is 53. The molecule has 0 aromatic carbocycles. The number of methoxy groups -OCH3 is 1. The van der Waals surface area contributed by atoms with E-state index in [4.69, 9.17) is 75.8 Å². The largest absolute Gasteiger partial charge is 0.479 e. The van der Waals surface area contributed by atoms with Crippen LogP contribution in [0.5, 0.6) is 0 Å². The van der Waals surface area contributed by atoms with E-state index in [0.717, 1.165) is 27.9 Å². The maximum absolute atomic E-state index is 13.3. The van der Waals surface area contributed by atoms with Gasteiger partial charge in [-0.3, -0.25) is 36.4 Å². The van der Waals surface area contributed by atoms with E-state index in [-0.39, 0.29) is 0 Å². The second-order valence-electron chi connectivity index (χ2n) is 28.3. The number of ether oxygens (including phenoxy) is 16. The van der Waals surface area contributed by atoms with Crippen LogP contribution in [0, 0.1) is 23.7 Å². The maximum Gasteiger partial charge on any atom is 0.397 e. The Hall–Kier alpha value is -4.16. The minimum atomic E-state index is -6.15. The molecule has 0 saturated carbocycles. The fourth-order valence-electron chi connectivity index (χ4n) is 13.8. The van der Waals surface area contributed by atoms with Gasteiger partial charge in [-0.05, 0) is 0 Å². The van der Waals surface area contributed by atoms with Gasteiger partial charge in [-0.1, -0.05) is 27.7 Å². The van der Waals surface area contributed by atoms with Gasteiger partial charge < -0.3 is 142 Å². The van der Waals surface area contributed by atoms with Crippen molar-refractivity contribution in [1.29, 1.82) is 0 Å². The van der Waals surface area contributed by atoms with Gasteiger partial charge in [0.15, 0.2) is 99.2 Å². The average molecular weight is 2020 g/mol. The fourth-order valence-corrected chi connectivity index (χ4v) is 17.0. The van der Waals surface area contributed by atoms with Crippen LogP contribution in [0.4, 0.5) is 0 Å². The third-order valence-electron chi connectivity index (χ3n) is 19.7. The first-order valence-corrected chi connectivity index (χ1v) is 46.0. The summed E-state index contributed by atoms with van der Waals surface area (Å²) in [7, 11) is -45.5. The summed E-state index contributed by atoms with van der Waals surface area (Å²) in [6.45, 7) is -2.66. The lowest BCUT2D eigenvalue weighted by Crippen LogP contribution is -2.68. The Labute approximate surface area is 708 Å². The van der Waals surface area contributed by atoms with Crippen LogP contribution < -0.4 is 0 Å². The molecule has 0 amide bonds. The molecule has 8 heterocycles. The molecule has 21 N–H and O–H groups in total. The lowest BCUT2D eigenvalue weighted by atomic mass is 9.90. The lowest BCUT2D eigenvalue weighted by molar-refractivity contribution is -0.385. The number of carbonyl (C=O) groups is 4. The van der Waals surface area contributed by atoms with Crippen LogP contribution in [0.25, 0.3) is 0 Å². The molecule has 73 heteroatoms. The number of carboxylic acid groups (broad SMARTS) is 4. The lowest BCUT2D eigenvalue weighted by Gasteiger charge is -2.50. The molecule has 8 aliphatic rings.